The molecule has 1 N–H and O–H groups in total. The molecule has 1 aromatic heterocycles. The van der Waals surface area contributed by atoms with E-state index in [2.05, 4.69) is 28.6 Å². The van der Waals surface area contributed by atoms with Crippen molar-refractivity contribution >= 4 is 16.8 Å². The number of fused-ring (bicyclic) bond motifs is 1. The first-order chi connectivity index (χ1) is 12.7. The van der Waals surface area contributed by atoms with E-state index in [9.17, 15) is 4.79 Å². The third kappa shape index (κ3) is 3.71. The molecule has 6 nitrogen and oxygen atoms in total. The summed E-state index contributed by atoms with van der Waals surface area (Å²) >= 11 is 0. The van der Waals surface area contributed by atoms with Crippen LogP contribution in [0.15, 0.2) is 24.4 Å². The fraction of sp³-hybridized carbons (Fsp3) is 0.550. The first-order valence-corrected chi connectivity index (χ1v) is 9.57. The number of rotatable bonds is 7. The molecule has 0 aliphatic carbocycles. The van der Waals surface area contributed by atoms with E-state index in [0.29, 0.717) is 0 Å². The van der Waals surface area contributed by atoms with Crippen molar-refractivity contribution in [2.75, 3.05) is 52.9 Å². The Morgan fingerprint density at radius 2 is 1.96 bits per heavy atom. The number of aromatic nitrogens is 1. The molecule has 26 heavy (non-hydrogen) atoms. The second-order valence-corrected chi connectivity index (χ2v) is 6.67. The molecule has 1 aromatic carbocycles. The quantitative estimate of drug-likeness (QED) is 0.770. The third-order valence-corrected chi connectivity index (χ3v) is 5.20. The Morgan fingerprint density at radius 3 is 2.62 bits per heavy atom. The maximum Gasteiger partial charge on any atom is 0.256 e. The van der Waals surface area contributed by atoms with Gasteiger partial charge in [0.25, 0.3) is 5.91 Å². The molecule has 0 radical (unpaired) electrons. The lowest BCUT2D eigenvalue weighted by atomic mass is 10.1. The lowest BCUT2D eigenvalue weighted by molar-refractivity contribution is 0.0645. The Kier molecular flexibility index (Phi) is 6.16. The zero-order valence-corrected chi connectivity index (χ0v) is 16.1. The van der Waals surface area contributed by atoms with Crippen LogP contribution in [0.3, 0.4) is 0 Å². The van der Waals surface area contributed by atoms with Gasteiger partial charge in [0.1, 0.15) is 5.75 Å². The maximum absolute atomic E-state index is 13.2. The van der Waals surface area contributed by atoms with Gasteiger partial charge in [0.05, 0.1) is 18.2 Å². The van der Waals surface area contributed by atoms with Crippen LogP contribution < -0.4 is 10.1 Å². The molecule has 1 aliphatic rings. The zero-order valence-electron chi connectivity index (χ0n) is 16.1. The van der Waals surface area contributed by atoms with Gasteiger partial charge < -0.3 is 24.4 Å². The highest BCUT2D eigenvalue weighted by Crippen LogP contribution is 2.30. The van der Waals surface area contributed by atoms with Crippen molar-refractivity contribution in [3.63, 3.8) is 0 Å². The highest BCUT2D eigenvalue weighted by molar-refractivity contribution is 6.08. The minimum absolute atomic E-state index is 0.126. The fourth-order valence-electron chi connectivity index (χ4n) is 3.65. The minimum atomic E-state index is 0.126. The van der Waals surface area contributed by atoms with Crippen LogP contribution in [0, 0.1) is 0 Å². The van der Waals surface area contributed by atoms with Crippen molar-refractivity contribution in [2.45, 2.75) is 20.4 Å². The molecule has 2 heterocycles. The van der Waals surface area contributed by atoms with Gasteiger partial charge in [-0.2, -0.15) is 0 Å². The first-order valence-electron chi connectivity index (χ1n) is 9.57. The summed E-state index contributed by atoms with van der Waals surface area (Å²) in [5.74, 6) is 0.940. The Balaban J connectivity index is 1.91. The topological polar surface area (TPSA) is 49.7 Å². The van der Waals surface area contributed by atoms with Crippen molar-refractivity contribution in [3.8, 4) is 5.75 Å². The normalized spacial score (nSPS) is 15.6. The number of carbonyl (C=O) groups excluding carboxylic acids is 1. The minimum Gasteiger partial charge on any atom is -0.495 e. The van der Waals surface area contributed by atoms with E-state index in [-0.39, 0.29) is 5.91 Å². The number of likely N-dealkylation sites (N-methyl/N-ethyl adjacent to an activating group) is 2. The molecule has 0 spiro atoms. The van der Waals surface area contributed by atoms with E-state index in [4.69, 9.17) is 4.74 Å². The van der Waals surface area contributed by atoms with E-state index >= 15 is 0 Å². The maximum atomic E-state index is 13.2. The zero-order chi connectivity index (χ0) is 18.5. The van der Waals surface area contributed by atoms with Crippen molar-refractivity contribution in [1.29, 1.82) is 0 Å². The van der Waals surface area contributed by atoms with E-state index in [0.717, 1.165) is 74.6 Å². The second-order valence-electron chi connectivity index (χ2n) is 6.67. The Bertz CT molecular complexity index is 748. The Labute approximate surface area is 155 Å². The number of amides is 1. The molecule has 3 rings (SSSR count). The third-order valence-electron chi connectivity index (χ3n) is 5.20. The second kappa shape index (κ2) is 8.56. The average molecular weight is 358 g/mol. The number of hydrogen-bond donors (Lipinski definition) is 1. The monoisotopic (exact) mass is 358 g/mol. The predicted molar refractivity (Wildman–Crippen MR) is 105 cm³/mol. The van der Waals surface area contributed by atoms with Gasteiger partial charge in [-0.1, -0.05) is 26.0 Å². The number of ether oxygens (including phenoxy) is 1. The summed E-state index contributed by atoms with van der Waals surface area (Å²) < 4.78 is 7.71. The van der Waals surface area contributed by atoms with Gasteiger partial charge in [-0.3, -0.25) is 4.79 Å². The van der Waals surface area contributed by atoms with Crippen LogP contribution in [0.5, 0.6) is 5.75 Å². The SMILES string of the molecule is CCNCCn1cc(C(=O)N2CCN(CC)CC2)c2cccc(OC)c21. The van der Waals surface area contributed by atoms with E-state index in [1.807, 2.05) is 29.3 Å². The Morgan fingerprint density at radius 1 is 1.19 bits per heavy atom. The van der Waals surface area contributed by atoms with Crippen LogP contribution in [0.25, 0.3) is 10.9 Å². The molecule has 1 fully saturated rings. The number of methoxy groups -OCH3 is 1. The molecule has 1 aliphatic heterocycles. The summed E-state index contributed by atoms with van der Waals surface area (Å²) in [5, 5.41) is 4.33. The number of hydrogen-bond acceptors (Lipinski definition) is 4. The number of carbonyl (C=O) groups is 1. The highest BCUT2D eigenvalue weighted by atomic mass is 16.5. The summed E-state index contributed by atoms with van der Waals surface area (Å²) in [7, 11) is 1.68. The van der Waals surface area contributed by atoms with Gasteiger partial charge in [-0.15, -0.1) is 0 Å². The van der Waals surface area contributed by atoms with Crippen LogP contribution in [0.2, 0.25) is 0 Å². The summed E-state index contributed by atoms with van der Waals surface area (Å²) in [6, 6.07) is 5.94. The molecule has 2 aromatic rings. The van der Waals surface area contributed by atoms with Gasteiger partial charge in [-0.25, -0.2) is 0 Å². The van der Waals surface area contributed by atoms with Gasteiger partial charge in [0, 0.05) is 50.9 Å². The predicted octanol–water partition coefficient (Wildman–Crippen LogP) is 2.04. The average Bonchev–Trinajstić information content (AvgIpc) is 3.06. The highest BCUT2D eigenvalue weighted by Gasteiger charge is 2.25. The van der Waals surface area contributed by atoms with Crippen LogP contribution in [-0.4, -0.2) is 73.2 Å². The van der Waals surface area contributed by atoms with Crippen LogP contribution in [-0.2, 0) is 6.54 Å². The number of para-hydroxylation sites is 1. The number of piperazine rings is 1. The summed E-state index contributed by atoms with van der Waals surface area (Å²) in [6.45, 7) is 11.4. The van der Waals surface area contributed by atoms with E-state index < -0.39 is 0 Å². The lowest BCUT2D eigenvalue weighted by Crippen LogP contribution is -2.48. The molecular formula is C20H30N4O2. The molecule has 6 heteroatoms. The molecular weight excluding hydrogens is 328 g/mol. The Hall–Kier alpha value is -2.05. The van der Waals surface area contributed by atoms with Gasteiger partial charge in [0.2, 0.25) is 0 Å². The number of nitrogens with zero attached hydrogens (tertiary/aromatic N) is 3. The van der Waals surface area contributed by atoms with Crippen molar-refractivity contribution in [3.05, 3.63) is 30.0 Å². The summed E-state index contributed by atoms with van der Waals surface area (Å²) in [4.78, 5) is 17.6. The van der Waals surface area contributed by atoms with Crippen LogP contribution in [0.4, 0.5) is 0 Å². The molecule has 142 valence electrons. The molecule has 0 saturated carbocycles. The van der Waals surface area contributed by atoms with Crippen LogP contribution >= 0.6 is 0 Å². The smallest absolute Gasteiger partial charge is 0.256 e. The molecule has 1 saturated heterocycles. The van der Waals surface area contributed by atoms with Crippen molar-refractivity contribution in [1.82, 2.24) is 19.7 Å². The number of nitrogens with one attached hydrogen (secondary N) is 1. The van der Waals surface area contributed by atoms with Gasteiger partial charge in [0.15, 0.2) is 0 Å². The fourth-order valence-corrected chi connectivity index (χ4v) is 3.65. The van der Waals surface area contributed by atoms with E-state index in [1.54, 1.807) is 7.11 Å². The molecule has 0 bridgehead atoms. The van der Waals surface area contributed by atoms with Crippen LogP contribution in [0.1, 0.15) is 24.2 Å². The van der Waals surface area contributed by atoms with Gasteiger partial charge in [-0.05, 0) is 19.2 Å². The summed E-state index contributed by atoms with van der Waals surface area (Å²) in [6.07, 6.45) is 2.00. The molecule has 0 atom stereocenters. The lowest BCUT2D eigenvalue weighted by Gasteiger charge is -2.34. The largest absolute Gasteiger partial charge is 0.495 e. The molecule has 1 amide bonds. The summed E-state index contributed by atoms with van der Waals surface area (Å²) in [5.41, 5.74) is 1.78. The standard InChI is InChI=1S/C20H30N4O2/c1-4-21-9-10-24-15-17(16-7-6-8-18(26-3)19(16)24)20(25)23-13-11-22(5-2)12-14-23/h6-8,15,21H,4-5,9-14H2,1-3H3. The van der Waals surface area contributed by atoms with Crippen molar-refractivity contribution < 1.29 is 9.53 Å². The first kappa shape index (κ1) is 18.7. The molecule has 0 unspecified atom stereocenters. The van der Waals surface area contributed by atoms with E-state index in [1.165, 1.54) is 0 Å². The van der Waals surface area contributed by atoms with Gasteiger partial charge >= 0.3 is 0 Å². The van der Waals surface area contributed by atoms with Crippen molar-refractivity contribution in [2.24, 2.45) is 0 Å². The number of benzene rings is 1.